The van der Waals surface area contributed by atoms with Gasteiger partial charge in [-0.15, -0.1) is 12.4 Å². The molecular weight excluding hydrogens is 386 g/mol. The fourth-order valence-corrected chi connectivity index (χ4v) is 4.66. The van der Waals surface area contributed by atoms with Crippen LogP contribution in [0.3, 0.4) is 0 Å². The summed E-state index contributed by atoms with van der Waals surface area (Å²) in [6.45, 7) is 6.94. The van der Waals surface area contributed by atoms with Crippen molar-refractivity contribution in [3.05, 3.63) is 30.3 Å². The van der Waals surface area contributed by atoms with Crippen LogP contribution in [0.15, 0.2) is 30.3 Å². The zero-order valence-corrected chi connectivity index (χ0v) is 18.7. The van der Waals surface area contributed by atoms with Crippen molar-refractivity contribution in [3.63, 3.8) is 0 Å². The van der Waals surface area contributed by atoms with Gasteiger partial charge in [0.25, 0.3) is 0 Å². The zero-order valence-electron chi connectivity index (χ0n) is 17.9. The molecule has 1 N–H and O–H groups in total. The summed E-state index contributed by atoms with van der Waals surface area (Å²) >= 11 is 0. The van der Waals surface area contributed by atoms with Crippen molar-refractivity contribution >= 4 is 24.2 Å². The molecule has 0 saturated carbocycles. The van der Waals surface area contributed by atoms with E-state index in [1.54, 1.807) is 0 Å². The van der Waals surface area contributed by atoms with Gasteiger partial charge < -0.3 is 4.74 Å². The van der Waals surface area contributed by atoms with Crippen LogP contribution >= 0.6 is 12.4 Å². The molecule has 5 nitrogen and oxygen atoms in total. The number of hydrogen-bond acceptors (Lipinski definition) is 4. The first kappa shape index (κ1) is 24.0. The monoisotopic (exact) mass is 423 g/mol. The van der Waals surface area contributed by atoms with E-state index in [1.165, 1.54) is 57.9 Å². The van der Waals surface area contributed by atoms with Crippen LogP contribution in [0.25, 0.3) is 0 Å². The molecule has 1 aromatic carbocycles. The Labute approximate surface area is 182 Å². The lowest BCUT2D eigenvalue weighted by atomic mass is 10.0. The number of amides is 1. The van der Waals surface area contributed by atoms with Gasteiger partial charge in [-0.1, -0.05) is 57.2 Å². The molecule has 0 aliphatic carbocycles. The number of piperazine rings is 1. The second-order valence-electron chi connectivity index (χ2n) is 8.25. The van der Waals surface area contributed by atoms with Gasteiger partial charge in [-0.25, -0.2) is 4.79 Å². The van der Waals surface area contributed by atoms with Crippen LogP contribution in [0.4, 0.5) is 10.5 Å². The smallest absolute Gasteiger partial charge is 0.411 e. The standard InChI is InChI=1S/C23H37N3O2.ClH/c1-2-3-4-5-9-12-21-13-14-22-19-25(15-16-26(21)22)17-18-28-23(27)24-20-10-7-6-8-11-20;/h6-8,10-11,21-22H,2-5,9,12-19H2,1H3,(H,24,27);1H. The van der Waals surface area contributed by atoms with Gasteiger partial charge in [0.05, 0.1) is 0 Å². The minimum absolute atomic E-state index is 0. The van der Waals surface area contributed by atoms with E-state index in [-0.39, 0.29) is 18.5 Å². The van der Waals surface area contributed by atoms with Crippen molar-refractivity contribution in [1.29, 1.82) is 0 Å². The molecule has 3 rings (SSSR count). The normalized spacial score (nSPS) is 22.0. The number of benzene rings is 1. The molecule has 2 fully saturated rings. The lowest BCUT2D eigenvalue weighted by molar-refractivity contribution is 0.0608. The summed E-state index contributed by atoms with van der Waals surface area (Å²) in [5.74, 6) is 0. The van der Waals surface area contributed by atoms with Crippen LogP contribution in [0, 0.1) is 0 Å². The number of halogens is 1. The number of unbranched alkanes of at least 4 members (excludes halogenated alkanes) is 4. The summed E-state index contributed by atoms with van der Waals surface area (Å²) in [5, 5.41) is 2.77. The maximum Gasteiger partial charge on any atom is 0.411 e. The van der Waals surface area contributed by atoms with Gasteiger partial charge in [-0.05, 0) is 31.4 Å². The predicted molar refractivity (Wildman–Crippen MR) is 122 cm³/mol. The minimum Gasteiger partial charge on any atom is -0.448 e. The highest BCUT2D eigenvalue weighted by Crippen LogP contribution is 2.30. The van der Waals surface area contributed by atoms with E-state index >= 15 is 0 Å². The molecule has 1 aromatic rings. The number of nitrogens with zero attached hydrogens (tertiary/aromatic N) is 2. The second-order valence-corrected chi connectivity index (χ2v) is 8.25. The van der Waals surface area contributed by atoms with E-state index in [0.717, 1.165) is 31.4 Å². The first-order chi connectivity index (χ1) is 13.8. The highest BCUT2D eigenvalue weighted by Gasteiger charge is 2.36. The summed E-state index contributed by atoms with van der Waals surface area (Å²) in [5.41, 5.74) is 0.771. The molecule has 164 valence electrons. The van der Waals surface area contributed by atoms with Crippen LogP contribution in [-0.2, 0) is 4.74 Å². The van der Waals surface area contributed by atoms with E-state index in [1.807, 2.05) is 30.3 Å². The Bertz CT molecular complexity index is 587. The molecule has 2 atom stereocenters. The van der Waals surface area contributed by atoms with E-state index in [2.05, 4.69) is 22.0 Å². The zero-order chi connectivity index (χ0) is 19.6. The molecule has 29 heavy (non-hydrogen) atoms. The maximum absolute atomic E-state index is 11.9. The number of para-hydroxylation sites is 1. The van der Waals surface area contributed by atoms with Crippen LogP contribution in [0.1, 0.15) is 58.3 Å². The number of nitrogens with one attached hydrogen (secondary N) is 1. The molecule has 0 bridgehead atoms. The largest absolute Gasteiger partial charge is 0.448 e. The predicted octanol–water partition coefficient (Wildman–Crippen LogP) is 5.17. The van der Waals surface area contributed by atoms with Crippen molar-refractivity contribution < 1.29 is 9.53 Å². The first-order valence-corrected chi connectivity index (χ1v) is 11.2. The van der Waals surface area contributed by atoms with Crippen LogP contribution < -0.4 is 5.32 Å². The van der Waals surface area contributed by atoms with Crippen LogP contribution in [0.2, 0.25) is 0 Å². The third-order valence-corrected chi connectivity index (χ3v) is 6.22. The number of rotatable bonds is 10. The summed E-state index contributed by atoms with van der Waals surface area (Å²) in [7, 11) is 0. The average Bonchev–Trinajstić information content (AvgIpc) is 3.11. The molecular formula is C23H38ClN3O2. The molecule has 2 heterocycles. The number of hydrogen-bond donors (Lipinski definition) is 1. The van der Waals surface area contributed by atoms with Crippen molar-refractivity contribution in [2.45, 2.75) is 70.4 Å². The molecule has 2 saturated heterocycles. The molecule has 2 unspecified atom stereocenters. The average molecular weight is 424 g/mol. The number of fused-ring (bicyclic) bond motifs is 1. The van der Waals surface area contributed by atoms with Gasteiger partial charge >= 0.3 is 6.09 Å². The summed E-state index contributed by atoms with van der Waals surface area (Å²) < 4.78 is 5.36. The van der Waals surface area contributed by atoms with E-state index in [9.17, 15) is 4.79 Å². The van der Waals surface area contributed by atoms with Gasteiger partial charge in [-0.2, -0.15) is 0 Å². The molecule has 1 amide bonds. The highest BCUT2D eigenvalue weighted by molar-refractivity contribution is 5.85. The van der Waals surface area contributed by atoms with Crippen molar-refractivity contribution in [1.82, 2.24) is 9.80 Å². The van der Waals surface area contributed by atoms with Crippen molar-refractivity contribution in [3.8, 4) is 0 Å². The second kappa shape index (κ2) is 13.1. The summed E-state index contributed by atoms with van der Waals surface area (Å²) in [4.78, 5) is 17.1. The van der Waals surface area contributed by atoms with Crippen LogP contribution in [-0.4, -0.2) is 60.8 Å². The van der Waals surface area contributed by atoms with Crippen LogP contribution in [0.5, 0.6) is 0 Å². The Morgan fingerprint density at radius 3 is 2.69 bits per heavy atom. The SMILES string of the molecule is CCCCCCCC1CCC2CN(CCOC(=O)Nc3ccccc3)CCN12.Cl. The van der Waals surface area contributed by atoms with E-state index in [0.29, 0.717) is 12.6 Å². The third kappa shape index (κ3) is 7.80. The number of ether oxygens (including phenoxy) is 1. The Morgan fingerprint density at radius 2 is 1.90 bits per heavy atom. The molecule has 0 spiro atoms. The number of anilines is 1. The van der Waals surface area contributed by atoms with Gasteiger partial charge in [0.15, 0.2) is 0 Å². The fourth-order valence-electron chi connectivity index (χ4n) is 4.66. The lowest BCUT2D eigenvalue weighted by Gasteiger charge is -2.40. The lowest BCUT2D eigenvalue weighted by Crippen LogP contribution is -2.53. The molecule has 0 radical (unpaired) electrons. The minimum atomic E-state index is -0.367. The molecule has 6 heteroatoms. The fraction of sp³-hybridized carbons (Fsp3) is 0.696. The van der Waals surface area contributed by atoms with Gasteiger partial charge in [0.1, 0.15) is 6.61 Å². The Morgan fingerprint density at radius 1 is 1.10 bits per heavy atom. The molecule has 2 aliphatic rings. The maximum atomic E-state index is 11.9. The van der Waals surface area contributed by atoms with Crippen molar-refractivity contribution in [2.75, 3.05) is 38.1 Å². The summed E-state index contributed by atoms with van der Waals surface area (Å²) in [6, 6.07) is 11.0. The quantitative estimate of drug-likeness (QED) is 0.527. The first-order valence-electron chi connectivity index (χ1n) is 11.2. The third-order valence-electron chi connectivity index (χ3n) is 6.22. The van der Waals surface area contributed by atoms with Crippen molar-refractivity contribution in [2.24, 2.45) is 0 Å². The number of carbonyl (C=O) groups is 1. The molecule has 0 aromatic heterocycles. The van der Waals surface area contributed by atoms with E-state index in [4.69, 9.17) is 4.74 Å². The Hall–Kier alpha value is -1.30. The Kier molecular flexibility index (Phi) is 10.8. The Balaban J connectivity index is 0.00000300. The highest BCUT2D eigenvalue weighted by atomic mass is 35.5. The topological polar surface area (TPSA) is 44.8 Å². The van der Waals surface area contributed by atoms with E-state index < -0.39 is 0 Å². The van der Waals surface area contributed by atoms with Gasteiger partial charge in [-0.3, -0.25) is 15.1 Å². The number of carbonyl (C=O) groups excluding carboxylic acids is 1. The molecule has 2 aliphatic heterocycles. The van der Waals surface area contributed by atoms with Gasteiger partial charge in [0.2, 0.25) is 0 Å². The summed E-state index contributed by atoms with van der Waals surface area (Å²) in [6.07, 6.45) is 10.6. The van der Waals surface area contributed by atoms with Gasteiger partial charge in [0, 0.05) is 44.0 Å².